The Labute approximate surface area is 132 Å². The van der Waals surface area contributed by atoms with E-state index in [9.17, 15) is 4.79 Å². The van der Waals surface area contributed by atoms with E-state index in [1.165, 1.54) is 0 Å². The first-order valence-corrected chi connectivity index (χ1v) is 7.94. The number of nitrogens with one attached hydrogen (secondary N) is 1. The van der Waals surface area contributed by atoms with Crippen molar-refractivity contribution in [3.8, 4) is 11.5 Å². The Morgan fingerprint density at radius 2 is 2.14 bits per heavy atom. The monoisotopic (exact) mass is 316 g/mol. The van der Waals surface area contributed by atoms with Crippen LogP contribution in [0.1, 0.15) is 18.2 Å². The second kappa shape index (κ2) is 6.62. The number of thiophene rings is 1. The maximum atomic E-state index is 12.2. The van der Waals surface area contributed by atoms with Gasteiger partial charge in [-0.2, -0.15) is 5.10 Å². The standard InChI is InChI=1S/C16H16N2O3S/c1-2-11(15-8-5-9-22-15)17-18-16(19)14-10-20-12-6-3-4-7-13(12)21-14/h3-9,14H,2,10H2,1H3,(H,18,19)/b17-11-/t14-/m0/s1. The van der Waals surface area contributed by atoms with Crippen molar-refractivity contribution in [3.05, 3.63) is 46.7 Å². The van der Waals surface area contributed by atoms with Crippen molar-refractivity contribution in [1.29, 1.82) is 0 Å². The van der Waals surface area contributed by atoms with Crippen LogP contribution in [0.15, 0.2) is 46.9 Å². The number of para-hydroxylation sites is 2. The van der Waals surface area contributed by atoms with Crippen molar-refractivity contribution in [1.82, 2.24) is 5.43 Å². The fourth-order valence-electron chi connectivity index (χ4n) is 2.09. The van der Waals surface area contributed by atoms with Crippen LogP contribution >= 0.6 is 11.3 Å². The number of carbonyl (C=O) groups is 1. The minimum absolute atomic E-state index is 0.179. The predicted octanol–water partition coefficient (Wildman–Crippen LogP) is 2.82. The van der Waals surface area contributed by atoms with Gasteiger partial charge in [-0.15, -0.1) is 11.3 Å². The number of amides is 1. The Balaban J connectivity index is 1.66. The van der Waals surface area contributed by atoms with Crippen LogP contribution in [0.5, 0.6) is 11.5 Å². The van der Waals surface area contributed by atoms with Gasteiger partial charge in [0.2, 0.25) is 6.10 Å². The Bertz CT molecular complexity index is 682. The first-order valence-electron chi connectivity index (χ1n) is 7.06. The first kappa shape index (κ1) is 14.6. The molecule has 5 nitrogen and oxygen atoms in total. The van der Waals surface area contributed by atoms with E-state index in [1.807, 2.05) is 42.6 Å². The lowest BCUT2D eigenvalue weighted by Crippen LogP contribution is -2.42. The van der Waals surface area contributed by atoms with Crippen molar-refractivity contribution in [3.63, 3.8) is 0 Å². The average molecular weight is 316 g/mol. The highest BCUT2D eigenvalue weighted by molar-refractivity contribution is 7.12. The lowest BCUT2D eigenvalue weighted by Gasteiger charge is -2.24. The molecule has 1 aromatic carbocycles. The van der Waals surface area contributed by atoms with Crippen molar-refractivity contribution >= 4 is 23.0 Å². The Morgan fingerprint density at radius 3 is 2.86 bits per heavy atom. The van der Waals surface area contributed by atoms with Crippen LogP contribution in [0, 0.1) is 0 Å². The highest BCUT2D eigenvalue weighted by atomic mass is 32.1. The van der Waals surface area contributed by atoms with Crippen LogP contribution in [-0.2, 0) is 4.79 Å². The van der Waals surface area contributed by atoms with Crippen LogP contribution in [-0.4, -0.2) is 24.3 Å². The molecule has 1 aromatic heterocycles. The van der Waals surface area contributed by atoms with Crippen molar-refractivity contribution in [2.75, 3.05) is 6.61 Å². The van der Waals surface area contributed by atoms with Gasteiger partial charge in [0.15, 0.2) is 11.5 Å². The van der Waals surface area contributed by atoms with E-state index in [1.54, 1.807) is 17.4 Å². The highest BCUT2D eigenvalue weighted by Gasteiger charge is 2.27. The number of fused-ring (bicyclic) bond motifs is 1. The van der Waals surface area contributed by atoms with E-state index in [4.69, 9.17) is 9.47 Å². The summed E-state index contributed by atoms with van der Waals surface area (Å²) in [7, 11) is 0. The van der Waals surface area contributed by atoms with E-state index < -0.39 is 6.10 Å². The van der Waals surface area contributed by atoms with Gasteiger partial charge in [0.05, 0.1) is 10.6 Å². The summed E-state index contributed by atoms with van der Waals surface area (Å²) in [5.41, 5.74) is 3.42. The Hall–Kier alpha value is -2.34. The Morgan fingerprint density at radius 1 is 1.32 bits per heavy atom. The zero-order valence-corrected chi connectivity index (χ0v) is 12.9. The predicted molar refractivity (Wildman–Crippen MR) is 85.6 cm³/mol. The third-order valence-electron chi connectivity index (χ3n) is 3.24. The maximum Gasteiger partial charge on any atom is 0.284 e. The summed E-state index contributed by atoms with van der Waals surface area (Å²) in [5, 5.41) is 6.19. The summed E-state index contributed by atoms with van der Waals surface area (Å²) < 4.78 is 11.2. The van der Waals surface area contributed by atoms with Gasteiger partial charge in [-0.1, -0.05) is 25.1 Å². The third-order valence-corrected chi connectivity index (χ3v) is 4.16. The fourth-order valence-corrected chi connectivity index (χ4v) is 2.88. The molecule has 0 spiro atoms. The van der Waals surface area contributed by atoms with Crippen LogP contribution < -0.4 is 14.9 Å². The number of hydrogen-bond donors (Lipinski definition) is 1. The molecular formula is C16H16N2O3S. The van der Waals surface area contributed by atoms with Gasteiger partial charge in [0, 0.05) is 0 Å². The molecule has 0 aliphatic carbocycles. The van der Waals surface area contributed by atoms with Crippen LogP contribution in [0.3, 0.4) is 0 Å². The molecule has 6 heteroatoms. The van der Waals surface area contributed by atoms with E-state index >= 15 is 0 Å². The number of hydrogen-bond acceptors (Lipinski definition) is 5. The molecule has 3 rings (SSSR count). The maximum absolute atomic E-state index is 12.2. The second-order valence-electron chi connectivity index (χ2n) is 4.73. The lowest BCUT2D eigenvalue weighted by molar-refractivity contribution is -0.130. The van der Waals surface area contributed by atoms with E-state index in [0.29, 0.717) is 11.5 Å². The summed E-state index contributed by atoms with van der Waals surface area (Å²) >= 11 is 1.60. The van der Waals surface area contributed by atoms with Gasteiger partial charge in [-0.05, 0) is 30.0 Å². The zero-order valence-electron chi connectivity index (χ0n) is 12.1. The zero-order chi connectivity index (χ0) is 15.4. The first-order chi connectivity index (χ1) is 10.8. The highest BCUT2D eigenvalue weighted by Crippen LogP contribution is 2.30. The van der Waals surface area contributed by atoms with E-state index in [2.05, 4.69) is 10.5 Å². The molecule has 0 unspecified atom stereocenters. The molecule has 1 N–H and O–H groups in total. The summed E-state index contributed by atoms with van der Waals surface area (Å²) in [6.45, 7) is 2.18. The fraction of sp³-hybridized carbons (Fsp3) is 0.250. The van der Waals surface area contributed by atoms with Crippen LogP contribution in [0.4, 0.5) is 0 Å². The summed E-state index contributed by atoms with van der Waals surface area (Å²) in [6.07, 6.45) is 0.0474. The molecule has 0 saturated heterocycles. The Kier molecular flexibility index (Phi) is 4.39. The molecular weight excluding hydrogens is 300 g/mol. The molecule has 0 saturated carbocycles. The smallest absolute Gasteiger partial charge is 0.284 e. The number of nitrogens with zero attached hydrogens (tertiary/aromatic N) is 1. The third kappa shape index (κ3) is 3.12. The molecule has 1 aliphatic heterocycles. The van der Waals surface area contributed by atoms with E-state index in [-0.39, 0.29) is 12.5 Å². The van der Waals surface area contributed by atoms with Crippen molar-refractivity contribution in [2.45, 2.75) is 19.4 Å². The molecule has 0 bridgehead atoms. The van der Waals surface area contributed by atoms with Crippen LogP contribution in [0.25, 0.3) is 0 Å². The molecule has 22 heavy (non-hydrogen) atoms. The number of carbonyl (C=O) groups excluding carboxylic acids is 1. The van der Waals surface area contributed by atoms with Crippen molar-refractivity contribution in [2.24, 2.45) is 5.10 Å². The molecule has 0 radical (unpaired) electrons. The van der Waals surface area contributed by atoms with Crippen LogP contribution in [0.2, 0.25) is 0 Å². The van der Waals surface area contributed by atoms with Crippen molar-refractivity contribution < 1.29 is 14.3 Å². The van der Waals surface area contributed by atoms with Gasteiger partial charge in [0.1, 0.15) is 6.61 Å². The van der Waals surface area contributed by atoms with Gasteiger partial charge in [-0.25, -0.2) is 5.43 Å². The largest absolute Gasteiger partial charge is 0.485 e. The summed E-state index contributed by atoms with van der Waals surface area (Å²) in [6, 6.07) is 11.2. The molecule has 2 aromatic rings. The quantitative estimate of drug-likeness (QED) is 0.697. The van der Waals surface area contributed by atoms with Gasteiger partial charge < -0.3 is 9.47 Å². The molecule has 0 fully saturated rings. The minimum Gasteiger partial charge on any atom is -0.485 e. The number of hydrazone groups is 1. The number of rotatable bonds is 4. The van der Waals surface area contributed by atoms with Gasteiger partial charge in [-0.3, -0.25) is 4.79 Å². The number of benzene rings is 1. The molecule has 1 aliphatic rings. The molecule has 114 valence electrons. The topological polar surface area (TPSA) is 59.9 Å². The number of ether oxygens (including phenoxy) is 2. The lowest BCUT2D eigenvalue weighted by atomic mass is 10.2. The second-order valence-corrected chi connectivity index (χ2v) is 5.68. The summed E-state index contributed by atoms with van der Waals surface area (Å²) in [4.78, 5) is 13.2. The average Bonchev–Trinajstić information content (AvgIpc) is 3.09. The summed E-state index contributed by atoms with van der Waals surface area (Å²) in [5.74, 6) is 0.923. The minimum atomic E-state index is -0.694. The molecule has 1 amide bonds. The molecule has 2 heterocycles. The van der Waals surface area contributed by atoms with Gasteiger partial charge >= 0.3 is 0 Å². The van der Waals surface area contributed by atoms with Gasteiger partial charge in [0.25, 0.3) is 5.91 Å². The normalized spacial score (nSPS) is 17.1. The SMILES string of the molecule is CC/C(=N/NC(=O)[C@@H]1COc2ccccc2O1)c1cccs1. The molecule has 1 atom stereocenters. The van der Waals surface area contributed by atoms with E-state index in [0.717, 1.165) is 17.0 Å².